The maximum absolute atomic E-state index is 13.0. The van der Waals surface area contributed by atoms with Gasteiger partial charge in [-0.25, -0.2) is 9.40 Å². The summed E-state index contributed by atoms with van der Waals surface area (Å²) in [5.74, 6) is -0.264. The van der Waals surface area contributed by atoms with Gasteiger partial charge in [0.15, 0.2) is 5.03 Å². The van der Waals surface area contributed by atoms with Crippen molar-refractivity contribution in [2.45, 2.75) is 49.3 Å². The van der Waals surface area contributed by atoms with Gasteiger partial charge in [-0.05, 0) is 12.8 Å². The van der Waals surface area contributed by atoms with E-state index in [1.807, 2.05) is 4.72 Å². The molecule has 0 aromatic carbocycles. The highest BCUT2D eigenvalue weighted by Crippen LogP contribution is 2.34. The van der Waals surface area contributed by atoms with Crippen molar-refractivity contribution in [2.75, 3.05) is 4.72 Å². The van der Waals surface area contributed by atoms with E-state index in [1.165, 1.54) is 6.33 Å². The second-order valence-electron chi connectivity index (χ2n) is 5.93. The first-order valence-electron chi connectivity index (χ1n) is 7.71. The minimum atomic E-state index is -4.84. The number of aromatic nitrogens is 5. The number of hydrogen-bond donors (Lipinski definition) is 1. The predicted molar refractivity (Wildman–Crippen MR) is 81.2 cm³/mol. The Labute approximate surface area is 142 Å². The average Bonchev–Trinajstić information content (AvgIpc) is 3.14. The third kappa shape index (κ3) is 3.62. The van der Waals surface area contributed by atoms with Gasteiger partial charge in [-0.2, -0.15) is 31.7 Å². The van der Waals surface area contributed by atoms with Gasteiger partial charge in [0.05, 0.1) is 12.2 Å². The number of alkyl halides is 3. The second kappa shape index (κ2) is 6.32. The summed E-state index contributed by atoms with van der Waals surface area (Å²) >= 11 is 0. The molecule has 1 N–H and O–H groups in total. The smallest absolute Gasteiger partial charge is 0.255 e. The van der Waals surface area contributed by atoms with Crippen LogP contribution < -0.4 is 4.72 Å². The summed E-state index contributed by atoms with van der Waals surface area (Å²) in [5.41, 5.74) is -1.34. The highest BCUT2D eigenvalue weighted by atomic mass is 32.2. The van der Waals surface area contributed by atoms with Crippen LogP contribution in [-0.4, -0.2) is 33.0 Å². The molecule has 0 spiro atoms. The van der Waals surface area contributed by atoms with E-state index in [9.17, 15) is 21.6 Å². The molecule has 0 radical (unpaired) electrons. The lowest BCUT2D eigenvalue weighted by Crippen LogP contribution is -2.22. The zero-order valence-electron chi connectivity index (χ0n) is 13.4. The van der Waals surface area contributed by atoms with E-state index in [0.717, 1.165) is 39.2 Å². The van der Waals surface area contributed by atoms with Gasteiger partial charge in [0.25, 0.3) is 16.0 Å². The summed E-state index contributed by atoms with van der Waals surface area (Å²) in [6.07, 6.45) is 2.10. The standard InChI is InChI=1S/C13H17F3N6O2S/c1-21-11(10(7-18-21)13(14,15)16)25(23,24)20-12-17-8-22(19-12)9-5-3-2-4-6-9/h7-9H,2-6H2,1H3,(H,19,20). The fraction of sp³-hybridized carbons (Fsp3) is 0.615. The van der Waals surface area contributed by atoms with Gasteiger partial charge >= 0.3 is 6.18 Å². The summed E-state index contributed by atoms with van der Waals surface area (Å²) in [7, 11) is -3.42. The molecular weight excluding hydrogens is 361 g/mol. The van der Waals surface area contributed by atoms with E-state index in [2.05, 4.69) is 15.2 Å². The molecule has 1 saturated carbocycles. The van der Waals surface area contributed by atoms with Crippen LogP contribution in [0.5, 0.6) is 0 Å². The third-order valence-corrected chi connectivity index (χ3v) is 5.57. The molecule has 25 heavy (non-hydrogen) atoms. The molecule has 2 aromatic heterocycles. The molecule has 0 amide bonds. The molecule has 0 unspecified atom stereocenters. The number of hydrogen-bond acceptors (Lipinski definition) is 5. The molecule has 12 heteroatoms. The van der Waals surface area contributed by atoms with Gasteiger partial charge in [-0.1, -0.05) is 19.3 Å². The number of sulfonamides is 1. The minimum Gasteiger partial charge on any atom is -0.255 e. The van der Waals surface area contributed by atoms with E-state index in [4.69, 9.17) is 0 Å². The molecule has 0 atom stereocenters. The van der Waals surface area contributed by atoms with Crippen LogP contribution in [0.25, 0.3) is 0 Å². The van der Waals surface area contributed by atoms with Crippen molar-refractivity contribution in [1.29, 1.82) is 0 Å². The van der Waals surface area contributed by atoms with Crippen molar-refractivity contribution < 1.29 is 21.6 Å². The summed E-state index contributed by atoms with van der Waals surface area (Å²) < 4.78 is 68.0. The van der Waals surface area contributed by atoms with Crippen LogP contribution in [-0.2, 0) is 23.2 Å². The molecule has 2 aromatic rings. The highest BCUT2D eigenvalue weighted by Gasteiger charge is 2.40. The maximum atomic E-state index is 13.0. The van der Waals surface area contributed by atoms with Gasteiger partial charge in [0.1, 0.15) is 11.9 Å². The fourth-order valence-electron chi connectivity index (χ4n) is 2.95. The Morgan fingerprint density at radius 2 is 1.92 bits per heavy atom. The molecule has 0 aliphatic heterocycles. The van der Waals surface area contributed by atoms with Crippen molar-refractivity contribution in [3.05, 3.63) is 18.1 Å². The van der Waals surface area contributed by atoms with Crippen LogP contribution in [0.15, 0.2) is 17.6 Å². The molecule has 8 nitrogen and oxygen atoms in total. The van der Waals surface area contributed by atoms with Crippen molar-refractivity contribution in [3.63, 3.8) is 0 Å². The van der Waals surface area contributed by atoms with Crippen LogP contribution in [0.2, 0.25) is 0 Å². The number of aryl methyl sites for hydroxylation is 1. The topological polar surface area (TPSA) is 94.7 Å². The summed E-state index contributed by atoms with van der Waals surface area (Å²) in [5, 5.41) is 6.48. The van der Waals surface area contributed by atoms with Gasteiger partial charge in [0, 0.05) is 7.05 Å². The predicted octanol–water partition coefficient (Wildman–Crippen LogP) is 2.34. The van der Waals surface area contributed by atoms with Crippen molar-refractivity contribution >= 4 is 16.0 Å². The van der Waals surface area contributed by atoms with Crippen LogP contribution in [0, 0.1) is 0 Å². The van der Waals surface area contributed by atoms with E-state index >= 15 is 0 Å². The zero-order chi connectivity index (χ0) is 18.2. The monoisotopic (exact) mass is 378 g/mol. The Kier molecular flexibility index (Phi) is 4.47. The highest BCUT2D eigenvalue weighted by molar-refractivity contribution is 7.92. The number of halogens is 3. The molecule has 0 saturated heterocycles. The Bertz CT molecular complexity index is 851. The number of anilines is 1. The van der Waals surface area contributed by atoms with E-state index in [-0.39, 0.29) is 12.0 Å². The number of nitrogens with one attached hydrogen (secondary N) is 1. The third-order valence-electron chi connectivity index (χ3n) is 4.13. The fourth-order valence-corrected chi connectivity index (χ4v) is 4.23. The molecule has 138 valence electrons. The maximum Gasteiger partial charge on any atom is 0.420 e. The van der Waals surface area contributed by atoms with E-state index in [1.54, 1.807) is 4.68 Å². The lowest BCUT2D eigenvalue weighted by Gasteiger charge is -2.21. The molecular formula is C13H17F3N6O2S. The normalized spacial score (nSPS) is 17.0. The first kappa shape index (κ1) is 17.7. The van der Waals surface area contributed by atoms with Crippen LogP contribution in [0.3, 0.4) is 0 Å². The van der Waals surface area contributed by atoms with E-state index < -0.39 is 26.8 Å². The molecule has 1 aliphatic carbocycles. The SMILES string of the molecule is Cn1ncc(C(F)(F)F)c1S(=O)(=O)Nc1ncn(C2CCCCC2)n1. The zero-order valence-corrected chi connectivity index (χ0v) is 14.2. The molecule has 3 rings (SSSR count). The molecule has 1 fully saturated rings. The quantitative estimate of drug-likeness (QED) is 0.881. The van der Waals surface area contributed by atoms with E-state index in [0.29, 0.717) is 10.9 Å². The second-order valence-corrected chi connectivity index (χ2v) is 7.53. The first-order valence-corrected chi connectivity index (χ1v) is 9.20. The molecule has 2 heterocycles. The van der Waals surface area contributed by atoms with Crippen molar-refractivity contribution in [1.82, 2.24) is 24.5 Å². The Balaban J connectivity index is 1.86. The number of nitrogens with zero attached hydrogens (tertiary/aromatic N) is 5. The van der Waals surface area contributed by atoms with Gasteiger partial charge < -0.3 is 0 Å². The Hall–Kier alpha value is -2.11. The molecule has 1 aliphatic rings. The Morgan fingerprint density at radius 1 is 1.24 bits per heavy atom. The van der Waals surface area contributed by atoms with Crippen LogP contribution in [0.1, 0.15) is 43.7 Å². The van der Waals surface area contributed by atoms with Gasteiger partial charge in [-0.15, -0.1) is 5.10 Å². The summed E-state index contributed by atoms with van der Waals surface area (Å²) in [6, 6.07) is 0.127. The largest absolute Gasteiger partial charge is 0.420 e. The summed E-state index contributed by atoms with van der Waals surface area (Å²) in [6.45, 7) is 0. The van der Waals surface area contributed by atoms with Crippen LogP contribution in [0.4, 0.5) is 19.1 Å². The minimum absolute atomic E-state index is 0.127. The van der Waals surface area contributed by atoms with Crippen molar-refractivity contribution in [2.24, 2.45) is 7.05 Å². The number of rotatable bonds is 4. The average molecular weight is 378 g/mol. The van der Waals surface area contributed by atoms with Gasteiger partial charge in [-0.3, -0.25) is 4.68 Å². The lowest BCUT2D eigenvalue weighted by molar-refractivity contribution is -0.140. The Morgan fingerprint density at radius 3 is 2.56 bits per heavy atom. The van der Waals surface area contributed by atoms with Crippen LogP contribution >= 0.6 is 0 Å². The van der Waals surface area contributed by atoms with Gasteiger partial charge in [0.2, 0.25) is 0 Å². The molecule has 0 bridgehead atoms. The lowest BCUT2D eigenvalue weighted by atomic mass is 9.96. The summed E-state index contributed by atoms with van der Waals surface area (Å²) in [4.78, 5) is 3.86. The van der Waals surface area contributed by atoms with Crippen molar-refractivity contribution in [3.8, 4) is 0 Å². The first-order chi connectivity index (χ1) is 11.7.